The van der Waals surface area contributed by atoms with Gasteiger partial charge in [0.2, 0.25) is 11.7 Å². The summed E-state index contributed by atoms with van der Waals surface area (Å²) in [6.07, 6.45) is 2.52. The molecule has 5 rings (SSSR count). The van der Waals surface area contributed by atoms with Crippen molar-refractivity contribution in [2.45, 2.75) is 31.1 Å². The van der Waals surface area contributed by atoms with E-state index >= 15 is 0 Å². The molecule has 31 heavy (non-hydrogen) atoms. The summed E-state index contributed by atoms with van der Waals surface area (Å²) in [7, 11) is 0. The summed E-state index contributed by atoms with van der Waals surface area (Å²) in [5.74, 6) is 0.704. The molecule has 2 aromatic carbocycles. The predicted molar refractivity (Wildman–Crippen MR) is 123 cm³/mol. The number of nitrogens with zero attached hydrogens (tertiary/aromatic N) is 5. The molecule has 1 aliphatic heterocycles. The molecule has 7 nitrogen and oxygen atoms in total. The Bertz CT molecular complexity index is 1390. The van der Waals surface area contributed by atoms with Crippen LogP contribution in [0.5, 0.6) is 0 Å². The third-order valence-corrected chi connectivity index (χ3v) is 6.50. The second-order valence-electron chi connectivity index (χ2n) is 7.57. The van der Waals surface area contributed by atoms with Crippen molar-refractivity contribution < 1.29 is 4.79 Å². The van der Waals surface area contributed by atoms with Crippen LogP contribution in [0.25, 0.3) is 16.7 Å². The average molecular weight is 432 g/mol. The van der Waals surface area contributed by atoms with Crippen LogP contribution in [0.2, 0.25) is 0 Å². The van der Waals surface area contributed by atoms with E-state index in [1.165, 1.54) is 17.3 Å². The van der Waals surface area contributed by atoms with Crippen molar-refractivity contribution in [2.75, 3.05) is 10.7 Å². The summed E-state index contributed by atoms with van der Waals surface area (Å²) in [6.45, 7) is 6.14. The fourth-order valence-electron chi connectivity index (χ4n) is 4.26. The second kappa shape index (κ2) is 7.70. The number of amides is 1. The van der Waals surface area contributed by atoms with Crippen LogP contribution in [0, 0.1) is 0 Å². The molecule has 1 atom stereocenters. The van der Waals surface area contributed by atoms with Gasteiger partial charge in [-0.05, 0) is 37.1 Å². The molecule has 156 valence electrons. The molecular weight excluding hydrogens is 410 g/mol. The molecule has 8 heteroatoms. The molecule has 0 N–H and O–H groups in total. The lowest BCUT2D eigenvalue weighted by atomic mass is 10.1. The van der Waals surface area contributed by atoms with E-state index < -0.39 is 0 Å². The summed E-state index contributed by atoms with van der Waals surface area (Å²) in [4.78, 5) is 27.9. The number of carbonyl (C=O) groups excluding carboxylic acids is 1. The first-order valence-corrected chi connectivity index (χ1v) is 11.1. The van der Waals surface area contributed by atoms with E-state index in [-0.39, 0.29) is 23.3 Å². The van der Waals surface area contributed by atoms with Crippen molar-refractivity contribution in [2.24, 2.45) is 0 Å². The summed E-state index contributed by atoms with van der Waals surface area (Å²) < 4.78 is 3.40. The van der Waals surface area contributed by atoms with E-state index in [2.05, 4.69) is 29.8 Å². The van der Waals surface area contributed by atoms with Crippen LogP contribution < -0.4 is 10.5 Å². The zero-order valence-electron chi connectivity index (χ0n) is 17.1. The molecule has 0 radical (unpaired) electrons. The maximum absolute atomic E-state index is 13.1. The van der Waals surface area contributed by atoms with Crippen molar-refractivity contribution in [3.63, 3.8) is 0 Å². The van der Waals surface area contributed by atoms with Gasteiger partial charge in [-0.1, -0.05) is 48.2 Å². The standard InChI is InChI=1S/C23H21N5O2S/c1-3-12-26-21(30)17-9-5-7-11-19(17)28-22(26)24-25-23(28)31-14-20(29)27-15(2)13-16-8-4-6-10-18(16)27/h3-11,15H,1,12-14H2,2H3/t15-/m0/s1. The second-order valence-corrected chi connectivity index (χ2v) is 8.52. The summed E-state index contributed by atoms with van der Waals surface area (Å²) in [6, 6.07) is 15.5. The molecule has 0 saturated heterocycles. The van der Waals surface area contributed by atoms with Gasteiger partial charge in [0, 0.05) is 18.3 Å². The van der Waals surface area contributed by atoms with Crippen LogP contribution in [0.3, 0.4) is 0 Å². The van der Waals surface area contributed by atoms with Gasteiger partial charge in [0.25, 0.3) is 5.56 Å². The first-order chi connectivity index (χ1) is 15.1. The predicted octanol–water partition coefficient (Wildman–Crippen LogP) is 3.30. The maximum atomic E-state index is 13.1. The molecule has 0 bridgehead atoms. The highest BCUT2D eigenvalue weighted by atomic mass is 32.2. The van der Waals surface area contributed by atoms with Gasteiger partial charge in [-0.3, -0.25) is 18.6 Å². The number of thioether (sulfide) groups is 1. The minimum atomic E-state index is -0.134. The van der Waals surface area contributed by atoms with Crippen LogP contribution in [0.15, 0.2) is 71.1 Å². The van der Waals surface area contributed by atoms with Gasteiger partial charge in [0.1, 0.15) is 0 Å². The van der Waals surface area contributed by atoms with Crippen molar-refractivity contribution in [3.05, 3.63) is 77.1 Å². The van der Waals surface area contributed by atoms with E-state index in [9.17, 15) is 9.59 Å². The van der Waals surface area contributed by atoms with Gasteiger partial charge in [0.15, 0.2) is 5.16 Å². The quantitative estimate of drug-likeness (QED) is 0.358. The molecule has 3 heterocycles. The molecule has 0 fully saturated rings. The van der Waals surface area contributed by atoms with Crippen molar-refractivity contribution >= 4 is 40.0 Å². The third-order valence-electron chi connectivity index (χ3n) is 5.59. The number of benzene rings is 2. The minimum absolute atomic E-state index is 0.0305. The first-order valence-electron chi connectivity index (χ1n) is 10.1. The van der Waals surface area contributed by atoms with E-state index in [4.69, 9.17) is 0 Å². The lowest BCUT2D eigenvalue weighted by molar-refractivity contribution is -0.116. The Morgan fingerprint density at radius 2 is 1.97 bits per heavy atom. The fourth-order valence-corrected chi connectivity index (χ4v) is 5.06. The number of fused-ring (bicyclic) bond motifs is 4. The SMILES string of the molecule is C=CCn1c(=O)c2ccccc2n2c(SCC(=O)N3c4ccccc4C[C@@H]3C)nnc12. The molecule has 1 aliphatic rings. The summed E-state index contributed by atoms with van der Waals surface area (Å²) in [5.41, 5.74) is 2.77. The summed E-state index contributed by atoms with van der Waals surface area (Å²) in [5, 5.41) is 9.72. The number of anilines is 1. The van der Waals surface area contributed by atoms with E-state index in [0.29, 0.717) is 22.9 Å². The smallest absolute Gasteiger partial charge is 0.263 e. The Hall–Kier alpha value is -3.39. The monoisotopic (exact) mass is 431 g/mol. The van der Waals surface area contributed by atoms with Gasteiger partial charge >= 0.3 is 0 Å². The van der Waals surface area contributed by atoms with Gasteiger partial charge in [-0.25, -0.2) is 0 Å². The number of allylic oxidation sites excluding steroid dienone is 1. The number of hydrogen-bond donors (Lipinski definition) is 0. The molecule has 4 aromatic rings. The number of aromatic nitrogens is 4. The molecule has 0 aliphatic carbocycles. The Labute approximate surface area is 183 Å². The molecule has 1 amide bonds. The minimum Gasteiger partial charge on any atom is -0.308 e. The maximum Gasteiger partial charge on any atom is 0.263 e. The van der Waals surface area contributed by atoms with Crippen LogP contribution >= 0.6 is 11.8 Å². The van der Waals surface area contributed by atoms with Crippen molar-refractivity contribution in [3.8, 4) is 0 Å². The van der Waals surface area contributed by atoms with Gasteiger partial charge in [-0.15, -0.1) is 16.8 Å². The largest absolute Gasteiger partial charge is 0.308 e. The Balaban J connectivity index is 1.51. The lowest BCUT2D eigenvalue weighted by Gasteiger charge is -2.22. The Morgan fingerprint density at radius 3 is 2.81 bits per heavy atom. The van der Waals surface area contributed by atoms with Crippen molar-refractivity contribution in [1.29, 1.82) is 0 Å². The zero-order valence-corrected chi connectivity index (χ0v) is 17.9. The van der Waals surface area contributed by atoms with Crippen LogP contribution in [0.4, 0.5) is 5.69 Å². The molecule has 2 aromatic heterocycles. The van der Waals surface area contributed by atoms with Crippen molar-refractivity contribution in [1.82, 2.24) is 19.2 Å². The number of hydrogen-bond acceptors (Lipinski definition) is 5. The van der Waals surface area contributed by atoms with Gasteiger partial charge in [-0.2, -0.15) is 0 Å². The highest BCUT2D eigenvalue weighted by molar-refractivity contribution is 7.99. The van der Waals surface area contributed by atoms with E-state index in [1.807, 2.05) is 45.7 Å². The topological polar surface area (TPSA) is 72.5 Å². The number of rotatable bonds is 5. The molecule has 0 spiro atoms. The number of para-hydroxylation sites is 2. The van der Waals surface area contributed by atoms with Gasteiger partial charge < -0.3 is 4.90 Å². The summed E-state index contributed by atoms with van der Waals surface area (Å²) >= 11 is 1.33. The molecular formula is C23H21N5O2S. The van der Waals surface area contributed by atoms with Crippen LogP contribution in [-0.2, 0) is 17.8 Å². The first kappa shape index (κ1) is 19.6. The zero-order chi connectivity index (χ0) is 21.5. The number of carbonyl (C=O) groups is 1. The van der Waals surface area contributed by atoms with E-state index in [0.717, 1.165) is 17.6 Å². The highest BCUT2D eigenvalue weighted by Crippen LogP contribution is 2.33. The highest BCUT2D eigenvalue weighted by Gasteiger charge is 2.30. The molecule has 0 unspecified atom stereocenters. The fraction of sp³-hybridized carbons (Fsp3) is 0.217. The average Bonchev–Trinajstić information content (AvgIpc) is 3.35. The van der Waals surface area contributed by atoms with Crippen LogP contribution in [-0.4, -0.2) is 36.9 Å². The van der Waals surface area contributed by atoms with Gasteiger partial charge in [0.05, 0.1) is 16.7 Å². The Morgan fingerprint density at radius 1 is 1.19 bits per heavy atom. The van der Waals surface area contributed by atoms with Crippen LogP contribution in [0.1, 0.15) is 12.5 Å². The Kier molecular flexibility index (Phi) is 4.86. The third kappa shape index (κ3) is 3.14. The van der Waals surface area contributed by atoms with E-state index in [1.54, 1.807) is 16.7 Å². The normalized spacial score (nSPS) is 15.5. The molecule has 0 saturated carbocycles. The lowest BCUT2D eigenvalue weighted by Crippen LogP contribution is -2.37.